The van der Waals surface area contributed by atoms with Gasteiger partial charge in [0.25, 0.3) is 0 Å². The van der Waals surface area contributed by atoms with Crippen molar-refractivity contribution in [3.8, 4) is 12.1 Å². The molecule has 0 bridgehead atoms. The number of halogens is 1. The molecule has 0 aliphatic carbocycles. The second-order valence-electron chi connectivity index (χ2n) is 6.19. The fourth-order valence-electron chi connectivity index (χ4n) is 2.33. The lowest BCUT2D eigenvalue weighted by Crippen LogP contribution is -2.32. The van der Waals surface area contributed by atoms with Gasteiger partial charge in [-0.2, -0.15) is 10.5 Å². The zero-order valence-corrected chi connectivity index (χ0v) is 20.7. The van der Waals surface area contributed by atoms with Gasteiger partial charge in [0.05, 0.1) is 28.3 Å². The number of hydrogen-bond donors (Lipinski definition) is 1. The molecule has 1 N–H and O–H groups in total. The Labute approximate surface area is 196 Å². The van der Waals surface area contributed by atoms with E-state index in [1.54, 1.807) is 70.2 Å². The second kappa shape index (κ2) is 15.0. The first-order chi connectivity index (χ1) is 15.5. The summed E-state index contributed by atoms with van der Waals surface area (Å²) < 4.78 is 60.6. The van der Waals surface area contributed by atoms with Crippen molar-refractivity contribution in [3.05, 3.63) is 65.5 Å². The highest BCUT2D eigenvalue weighted by atomic mass is 32.2. The third kappa shape index (κ3) is 10.4. The molecule has 180 valence electrons. The van der Waals surface area contributed by atoms with E-state index >= 15 is 0 Å². The summed E-state index contributed by atoms with van der Waals surface area (Å²) in [5.41, 5.74) is 0.924. The minimum absolute atomic E-state index is 0.0284. The summed E-state index contributed by atoms with van der Waals surface area (Å²) in [5, 5.41) is 17.2. The topological polar surface area (TPSA) is 131 Å². The summed E-state index contributed by atoms with van der Waals surface area (Å²) in [5.74, 6) is -0.262. The van der Waals surface area contributed by atoms with E-state index in [0.717, 1.165) is 0 Å². The summed E-state index contributed by atoms with van der Waals surface area (Å²) in [4.78, 5) is 0. The van der Waals surface area contributed by atoms with E-state index in [1.165, 1.54) is 16.4 Å². The van der Waals surface area contributed by atoms with Gasteiger partial charge in [-0.05, 0) is 45.0 Å². The van der Waals surface area contributed by atoms with Gasteiger partial charge in [-0.15, -0.1) is 0 Å². The van der Waals surface area contributed by atoms with Crippen LogP contribution in [-0.4, -0.2) is 41.4 Å². The molecule has 0 saturated carbocycles. The molecular formula is C22H29FN4O4S2. The molecule has 8 nitrogen and oxygen atoms in total. The molecule has 0 unspecified atom stereocenters. The SMILES string of the molecule is CCN(c1ccccc1C#N)S(=O)(=O)CC.CCNS(=O)(=O)CC.N#Cc1ccccc1F. The Balaban J connectivity index is 0.000000511. The van der Waals surface area contributed by atoms with Crippen molar-refractivity contribution in [2.75, 3.05) is 28.9 Å². The van der Waals surface area contributed by atoms with Gasteiger partial charge < -0.3 is 0 Å². The van der Waals surface area contributed by atoms with Crippen LogP contribution in [-0.2, 0) is 20.0 Å². The molecule has 11 heteroatoms. The average Bonchev–Trinajstić information content (AvgIpc) is 2.81. The molecule has 0 saturated heterocycles. The Morgan fingerprint density at radius 2 is 1.36 bits per heavy atom. The van der Waals surface area contributed by atoms with Crippen LogP contribution in [0.1, 0.15) is 38.8 Å². The number of sulfonamides is 2. The fourth-order valence-corrected chi connectivity index (χ4v) is 4.14. The van der Waals surface area contributed by atoms with Gasteiger partial charge in [-0.25, -0.2) is 25.9 Å². The van der Waals surface area contributed by atoms with E-state index in [2.05, 4.69) is 4.72 Å². The van der Waals surface area contributed by atoms with E-state index in [1.807, 2.05) is 6.07 Å². The molecule has 2 rings (SSSR count). The molecule has 0 radical (unpaired) electrons. The van der Waals surface area contributed by atoms with E-state index in [-0.39, 0.29) is 17.1 Å². The number of anilines is 1. The van der Waals surface area contributed by atoms with Crippen molar-refractivity contribution in [3.63, 3.8) is 0 Å². The van der Waals surface area contributed by atoms with Crippen molar-refractivity contribution < 1.29 is 21.2 Å². The Morgan fingerprint density at radius 3 is 1.73 bits per heavy atom. The van der Waals surface area contributed by atoms with E-state index in [9.17, 15) is 21.2 Å². The van der Waals surface area contributed by atoms with Crippen LogP contribution in [0.5, 0.6) is 0 Å². The maximum atomic E-state index is 12.4. The van der Waals surface area contributed by atoms with Crippen LogP contribution in [0.15, 0.2) is 48.5 Å². The van der Waals surface area contributed by atoms with Gasteiger partial charge in [0, 0.05) is 13.1 Å². The van der Waals surface area contributed by atoms with Crippen LogP contribution in [0, 0.1) is 28.5 Å². The van der Waals surface area contributed by atoms with E-state index in [0.29, 0.717) is 24.3 Å². The molecule has 0 aliphatic heterocycles. The molecule has 0 amide bonds. The van der Waals surface area contributed by atoms with Crippen molar-refractivity contribution in [2.45, 2.75) is 27.7 Å². The lowest BCUT2D eigenvalue weighted by Gasteiger charge is -2.22. The third-order valence-electron chi connectivity index (χ3n) is 4.02. The van der Waals surface area contributed by atoms with Gasteiger partial charge in [0.2, 0.25) is 20.0 Å². The Kier molecular flexibility index (Phi) is 13.6. The summed E-state index contributed by atoms with van der Waals surface area (Å²) >= 11 is 0. The van der Waals surface area contributed by atoms with Gasteiger partial charge in [0.1, 0.15) is 18.0 Å². The summed E-state index contributed by atoms with van der Waals surface area (Å²) in [6.45, 7) is 7.52. The van der Waals surface area contributed by atoms with Crippen LogP contribution in [0.4, 0.5) is 10.1 Å². The van der Waals surface area contributed by atoms with E-state index in [4.69, 9.17) is 10.5 Å². The molecular weight excluding hydrogens is 467 g/mol. The largest absolute Gasteiger partial charge is 0.269 e. The van der Waals surface area contributed by atoms with Gasteiger partial charge in [0.15, 0.2) is 0 Å². The highest BCUT2D eigenvalue weighted by Crippen LogP contribution is 2.22. The number of rotatable bonds is 7. The first kappa shape index (κ1) is 30.0. The molecule has 0 aliphatic rings. The first-order valence-electron chi connectivity index (χ1n) is 10.1. The Bertz CT molecular complexity index is 1170. The molecule has 2 aromatic carbocycles. The number of hydrogen-bond acceptors (Lipinski definition) is 6. The molecule has 0 fully saturated rings. The highest BCUT2D eigenvalue weighted by Gasteiger charge is 2.20. The van der Waals surface area contributed by atoms with Crippen LogP contribution in [0.2, 0.25) is 0 Å². The summed E-state index contributed by atoms with van der Waals surface area (Å²) in [6, 6.07) is 16.3. The smallest absolute Gasteiger partial charge is 0.234 e. The average molecular weight is 497 g/mol. The number of nitrogens with one attached hydrogen (secondary N) is 1. The normalized spacial score (nSPS) is 10.4. The number of nitrogens with zero attached hydrogens (tertiary/aromatic N) is 3. The molecule has 0 spiro atoms. The fraction of sp³-hybridized carbons (Fsp3) is 0.364. The molecule has 33 heavy (non-hydrogen) atoms. The molecule has 0 atom stereocenters. The third-order valence-corrected chi connectivity index (χ3v) is 7.36. The minimum Gasteiger partial charge on any atom is -0.269 e. The number of para-hydroxylation sites is 1. The molecule has 0 aromatic heterocycles. The molecule has 2 aromatic rings. The number of benzene rings is 2. The first-order valence-corrected chi connectivity index (χ1v) is 13.4. The second-order valence-corrected chi connectivity index (χ2v) is 10.5. The van der Waals surface area contributed by atoms with Crippen molar-refractivity contribution in [2.24, 2.45) is 0 Å². The van der Waals surface area contributed by atoms with Crippen LogP contribution >= 0.6 is 0 Å². The summed E-state index contributed by atoms with van der Waals surface area (Å²) in [6.07, 6.45) is 0. The maximum absolute atomic E-state index is 12.4. The van der Waals surface area contributed by atoms with Gasteiger partial charge in [-0.1, -0.05) is 31.2 Å². The van der Waals surface area contributed by atoms with Crippen LogP contribution in [0.3, 0.4) is 0 Å². The molecule has 0 heterocycles. The quantitative estimate of drug-likeness (QED) is 0.625. The Morgan fingerprint density at radius 1 is 0.848 bits per heavy atom. The Hall–Kier alpha value is -2.99. The predicted molar refractivity (Wildman–Crippen MR) is 128 cm³/mol. The van der Waals surface area contributed by atoms with Gasteiger partial charge >= 0.3 is 0 Å². The van der Waals surface area contributed by atoms with Gasteiger partial charge in [-0.3, -0.25) is 4.31 Å². The minimum atomic E-state index is -3.31. The van der Waals surface area contributed by atoms with Crippen molar-refractivity contribution in [1.82, 2.24) is 4.72 Å². The predicted octanol–water partition coefficient (Wildman–Crippen LogP) is 3.38. The highest BCUT2D eigenvalue weighted by molar-refractivity contribution is 7.92. The number of nitriles is 2. The zero-order chi connectivity index (χ0) is 25.5. The lowest BCUT2D eigenvalue weighted by atomic mass is 10.2. The summed E-state index contributed by atoms with van der Waals surface area (Å²) in [7, 11) is -6.23. The van der Waals surface area contributed by atoms with Crippen LogP contribution < -0.4 is 9.03 Å². The van der Waals surface area contributed by atoms with E-state index < -0.39 is 25.9 Å². The maximum Gasteiger partial charge on any atom is 0.234 e. The van der Waals surface area contributed by atoms with Crippen molar-refractivity contribution >= 4 is 25.7 Å². The lowest BCUT2D eigenvalue weighted by molar-refractivity contribution is 0.585. The monoisotopic (exact) mass is 496 g/mol. The zero-order valence-electron chi connectivity index (χ0n) is 19.1. The van der Waals surface area contributed by atoms with Crippen LogP contribution in [0.25, 0.3) is 0 Å². The van der Waals surface area contributed by atoms with Crippen molar-refractivity contribution in [1.29, 1.82) is 10.5 Å². The standard InChI is InChI=1S/C11H14N2O2S.C7H4FN.C4H11NO2S/c1-3-13(16(14,15)4-2)11-8-6-5-7-10(11)9-12;8-7-4-2-1-3-6(7)5-9;1-3-5-8(6,7)4-2/h5-8H,3-4H2,1-2H3;1-4H;5H,3-4H2,1-2H3.